The Morgan fingerprint density at radius 1 is 1.36 bits per heavy atom. The molecule has 0 bridgehead atoms. The van der Waals surface area contributed by atoms with E-state index in [1.807, 2.05) is 37.0 Å². The quantitative estimate of drug-likeness (QED) is 0.761. The van der Waals surface area contributed by atoms with Crippen molar-refractivity contribution in [3.05, 3.63) is 36.4 Å². The zero-order valence-electron chi connectivity index (χ0n) is 12.5. The van der Waals surface area contributed by atoms with E-state index in [9.17, 15) is 5.11 Å². The smallest absolute Gasteiger partial charge is 0.159 e. The number of pyridine rings is 1. The first kappa shape index (κ1) is 13.3. The van der Waals surface area contributed by atoms with E-state index in [1.165, 1.54) is 0 Å². The number of nitrogens with one attached hydrogen (secondary N) is 1. The van der Waals surface area contributed by atoms with Gasteiger partial charge in [-0.15, -0.1) is 0 Å². The molecule has 3 atom stereocenters. The van der Waals surface area contributed by atoms with Crippen molar-refractivity contribution in [3.63, 3.8) is 0 Å². The van der Waals surface area contributed by atoms with Crippen LogP contribution in [0.15, 0.2) is 30.7 Å². The highest BCUT2D eigenvalue weighted by atomic mass is 16.3. The largest absolute Gasteiger partial charge is 0.391 e. The van der Waals surface area contributed by atoms with E-state index in [2.05, 4.69) is 20.5 Å². The van der Waals surface area contributed by atoms with E-state index in [4.69, 9.17) is 0 Å². The van der Waals surface area contributed by atoms with Crippen LogP contribution in [0.3, 0.4) is 0 Å². The van der Waals surface area contributed by atoms with Gasteiger partial charge in [-0.05, 0) is 25.5 Å². The molecule has 0 saturated heterocycles. The minimum Gasteiger partial charge on any atom is -0.391 e. The highest BCUT2D eigenvalue weighted by Crippen LogP contribution is 2.36. The van der Waals surface area contributed by atoms with Gasteiger partial charge in [0.1, 0.15) is 0 Å². The van der Waals surface area contributed by atoms with Gasteiger partial charge in [-0.3, -0.25) is 9.36 Å². The first-order chi connectivity index (χ1) is 10.6. The van der Waals surface area contributed by atoms with Crippen molar-refractivity contribution in [3.8, 4) is 0 Å². The number of nitrogens with zero attached hydrogens (tertiary/aromatic N) is 5. The highest BCUT2D eigenvalue weighted by Gasteiger charge is 2.42. The van der Waals surface area contributed by atoms with E-state index in [0.717, 1.165) is 22.4 Å². The summed E-state index contributed by atoms with van der Waals surface area (Å²) < 4.78 is 3.61. The summed E-state index contributed by atoms with van der Waals surface area (Å²) in [7, 11) is 1.89. The number of fused-ring (bicyclic) bond motifs is 1. The maximum Gasteiger partial charge on any atom is 0.159 e. The van der Waals surface area contributed by atoms with E-state index >= 15 is 0 Å². The first-order valence-corrected chi connectivity index (χ1v) is 7.37. The van der Waals surface area contributed by atoms with Crippen LogP contribution in [0.25, 0.3) is 11.0 Å². The second-order valence-electron chi connectivity index (χ2n) is 5.80. The molecule has 2 N–H and O–H groups in total. The fraction of sp³-hybridized carbons (Fsp3) is 0.400. The molecule has 3 aromatic heterocycles. The molecule has 3 heterocycles. The molecule has 1 aliphatic carbocycles. The Labute approximate surface area is 127 Å². The minimum absolute atomic E-state index is 0.0461. The average molecular weight is 298 g/mol. The van der Waals surface area contributed by atoms with Crippen LogP contribution in [0, 0.1) is 6.92 Å². The molecular weight excluding hydrogens is 280 g/mol. The number of aromatic nitrogens is 5. The van der Waals surface area contributed by atoms with E-state index in [-0.39, 0.29) is 18.2 Å². The van der Waals surface area contributed by atoms with Gasteiger partial charge in [0, 0.05) is 31.3 Å². The second-order valence-corrected chi connectivity index (χ2v) is 5.80. The molecule has 0 radical (unpaired) electrons. The van der Waals surface area contributed by atoms with Crippen LogP contribution in [0.5, 0.6) is 0 Å². The van der Waals surface area contributed by atoms with E-state index in [1.54, 1.807) is 17.1 Å². The summed E-state index contributed by atoms with van der Waals surface area (Å²) in [5, 5.41) is 23.3. The lowest BCUT2D eigenvalue weighted by Gasteiger charge is -2.42. The van der Waals surface area contributed by atoms with Crippen LogP contribution in [-0.2, 0) is 7.05 Å². The van der Waals surface area contributed by atoms with Crippen LogP contribution in [-0.4, -0.2) is 41.8 Å². The maximum atomic E-state index is 10.1. The molecule has 3 aromatic rings. The monoisotopic (exact) mass is 298 g/mol. The predicted molar refractivity (Wildman–Crippen MR) is 82.5 cm³/mol. The number of hydrogen-bond acceptors (Lipinski definition) is 5. The van der Waals surface area contributed by atoms with Crippen LogP contribution in [0.4, 0.5) is 5.69 Å². The zero-order chi connectivity index (χ0) is 15.3. The molecule has 4 rings (SSSR count). The zero-order valence-corrected chi connectivity index (χ0v) is 12.5. The summed E-state index contributed by atoms with van der Waals surface area (Å²) in [5.41, 5.74) is 2.81. The minimum atomic E-state index is -0.371. The Morgan fingerprint density at radius 3 is 2.95 bits per heavy atom. The topological polar surface area (TPSA) is 80.8 Å². The summed E-state index contributed by atoms with van der Waals surface area (Å²) in [5.74, 6) is 0. The summed E-state index contributed by atoms with van der Waals surface area (Å²) in [6.45, 7) is 1.98. The molecular formula is C15H18N6O. The lowest BCUT2D eigenvalue weighted by atomic mass is 9.82. The lowest BCUT2D eigenvalue weighted by molar-refractivity contribution is 0.0134. The number of rotatable bonds is 3. The van der Waals surface area contributed by atoms with Gasteiger partial charge < -0.3 is 10.4 Å². The van der Waals surface area contributed by atoms with Gasteiger partial charge in [0.15, 0.2) is 5.65 Å². The first-order valence-electron chi connectivity index (χ1n) is 7.37. The molecule has 1 fully saturated rings. The molecule has 0 aliphatic heterocycles. The molecule has 0 amide bonds. The molecule has 22 heavy (non-hydrogen) atoms. The third-order valence-electron chi connectivity index (χ3n) is 4.37. The third-order valence-corrected chi connectivity index (χ3v) is 4.37. The van der Waals surface area contributed by atoms with Gasteiger partial charge in [0.25, 0.3) is 0 Å². The van der Waals surface area contributed by atoms with Crippen molar-refractivity contribution in [2.75, 3.05) is 5.32 Å². The Morgan fingerprint density at radius 2 is 2.23 bits per heavy atom. The van der Waals surface area contributed by atoms with Gasteiger partial charge in [-0.25, -0.2) is 4.98 Å². The van der Waals surface area contributed by atoms with Crippen LogP contribution < -0.4 is 5.32 Å². The number of aryl methyl sites for hydroxylation is 2. The number of aliphatic hydroxyl groups excluding tert-OH is 1. The van der Waals surface area contributed by atoms with Gasteiger partial charge in [-0.1, -0.05) is 0 Å². The van der Waals surface area contributed by atoms with Crippen molar-refractivity contribution < 1.29 is 5.11 Å². The van der Waals surface area contributed by atoms with Gasteiger partial charge in [-0.2, -0.15) is 10.2 Å². The van der Waals surface area contributed by atoms with Crippen LogP contribution >= 0.6 is 0 Å². The predicted octanol–water partition coefficient (Wildman–Crippen LogP) is 1.26. The van der Waals surface area contributed by atoms with Gasteiger partial charge in [0.05, 0.1) is 29.3 Å². The normalized spacial score (nSPS) is 24.4. The molecule has 0 spiro atoms. The van der Waals surface area contributed by atoms with Crippen LogP contribution in [0.1, 0.15) is 18.2 Å². The second kappa shape index (κ2) is 4.81. The highest BCUT2D eigenvalue weighted by molar-refractivity contribution is 5.91. The summed E-state index contributed by atoms with van der Waals surface area (Å²) in [6.07, 6.45) is 5.74. The lowest BCUT2D eigenvalue weighted by Crippen LogP contribution is -2.51. The summed E-state index contributed by atoms with van der Waals surface area (Å²) >= 11 is 0. The molecule has 0 aromatic carbocycles. The molecule has 114 valence electrons. The van der Waals surface area contributed by atoms with Crippen molar-refractivity contribution in [2.45, 2.75) is 31.5 Å². The van der Waals surface area contributed by atoms with Crippen molar-refractivity contribution in [1.29, 1.82) is 0 Å². The Balaban J connectivity index is 1.67. The van der Waals surface area contributed by atoms with Gasteiger partial charge in [0.2, 0.25) is 0 Å². The number of aliphatic hydroxyl groups is 1. The molecule has 1 aliphatic rings. The van der Waals surface area contributed by atoms with E-state index in [0.29, 0.717) is 6.42 Å². The van der Waals surface area contributed by atoms with Gasteiger partial charge >= 0.3 is 0 Å². The molecule has 7 nitrogen and oxygen atoms in total. The average Bonchev–Trinajstić information content (AvgIpc) is 3.08. The Kier molecular flexibility index (Phi) is 2.90. The van der Waals surface area contributed by atoms with E-state index < -0.39 is 0 Å². The third kappa shape index (κ3) is 1.89. The van der Waals surface area contributed by atoms with Crippen molar-refractivity contribution >= 4 is 16.7 Å². The fourth-order valence-electron chi connectivity index (χ4n) is 3.27. The summed E-state index contributed by atoms with van der Waals surface area (Å²) in [4.78, 5) is 4.39. The maximum absolute atomic E-state index is 10.1. The Bertz CT molecular complexity index is 809. The van der Waals surface area contributed by atoms with Crippen molar-refractivity contribution in [2.24, 2.45) is 7.05 Å². The van der Waals surface area contributed by atoms with Crippen LogP contribution in [0.2, 0.25) is 0 Å². The summed E-state index contributed by atoms with van der Waals surface area (Å²) in [6, 6.07) is 3.93. The fourth-order valence-corrected chi connectivity index (χ4v) is 3.27. The number of anilines is 1. The SMILES string of the molecule is Cc1nn(C)c2nccc(N[C@H]3C[C@@H](O)[C@@H]3n3cccn3)c12. The Hall–Kier alpha value is -2.41. The molecule has 1 saturated carbocycles. The van der Waals surface area contributed by atoms with Crippen molar-refractivity contribution in [1.82, 2.24) is 24.5 Å². The number of hydrogen-bond donors (Lipinski definition) is 2. The molecule has 7 heteroatoms. The standard InChI is InChI=1S/C15H18N6O/c1-9-13-10(4-6-16-15(13)20(2)19-9)18-11-8-12(22)14(11)21-7-3-5-17-21/h3-7,11-12,14,22H,8H2,1-2H3,(H,16,18)/t11-,12+,14+/m0/s1. The molecule has 0 unspecified atom stereocenters.